The Labute approximate surface area is 151 Å². The third-order valence-corrected chi connectivity index (χ3v) is 3.69. The summed E-state index contributed by atoms with van der Waals surface area (Å²) in [5, 5.41) is 2.83. The van der Waals surface area contributed by atoms with Crippen LogP contribution in [0.3, 0.4) is 0 Å². The molecule has 0 aliphatic rings. The molecule has 26 heavy (non-hydrogen) atoms. The molecule has 1 heterocycles. The van der Waals surface area contributed by atoms with Crippen LogP contribution in [0.1, 0.15) is 10.4 Å². The van der Waals surface area contributed by atoms with Crippen LogP contribution >= 0.6 is 0 Å². The van der Waals surface area contributed by atoms with Crippen molar-refractivity contribution in [1.82, 2.24) is 4.57 Å². The lowest BCUT2D eigenvalue weighted by atomic mass is 10.1. The second-order valence-electron chi connectivity index (χ2n) is 5.49. The summed E-state index contributed by atoms with van der Waals surface area (Å²) in [6, 6.07) is 18.0. The molecule has 2 aromatic carbocycles. The molecular formula is C20H18N2O4. The maximum atomic E-state index is 12.5. The Hall–Kier alpha value is -3.54. The molecule has 1 N–H and O–H groups in total. The Morgan fingerprint density at radius 3 is 2.54 bits per heavy atom. The number of nitrogens with zero attached hydrogens (tertiary/aromatic N) is 1. The molecule has 0 saturated heterocycles. The van der Waals surface area contributed by atoms with Crippen molar-refractivity contribution in [2.45, 2.75) is 0 Å². The van der Waals surface area contributed by atoms with Crippen LogP contribution in [0.15, 0.2) is 73.1 Å². The molecule has 0 radical (unpaired) electrons. The van der Waals surface area contributed by atoms with Gasteiger partial charge in [0.15, 0.2) is 6.61 Å². The number of methoxy groups -OCH3 is 1. The topological polar surface area (TPSA) is 69.6 Å². The van der Waals surface area contributed by atoms with Gasteiger partial charge in [-0.2, -0.15) is 0 Å². The van der Waals surface area contributed by atoms with Crippen molar-refractivity contribution in [3.05, 3.63) is 78.6 Å². The SMILES string of the molecule is COC(=O)COc1cccc(NC(=O)c2cccc(-n3cccc3)c2)c1. The second-order valence-corrected chi connectivity index (χ2v) is 5.49. The maximum absolute atomic E-state index is 12.5. The van der Waals surface area contributed by atoms with Gasteiger partial charge in [-0.3, -0.25) is 4.79 Å². The van der Waals surface area contributed by atoms with Crippen LogP contribution in [0.4, 0.5) is 5.69 Å². The van der Waals surface area contributed by atoms with Crippen LogP contribution in [-0.4, -0.2) is 30.2 Å². The standard InChI is InChI=1S/C20H18N2O4/c1-25-19(23)14-26-18-9-5-7-16(13-18)21-20(24)15-6-4-8-17(12-15)22-10-2-3-11-22/h2-13H,14H2,1H3,(H,21,24). The highest BCUT2D eigenvalue weighted by molar-refractivity contribution is 6.04. The average molecular weight is 350 g/mol. The Kier molecular flexibility index (Phi) is 5.34. The molecule has 6 nitrogen and oxygen atoms in total. The zero-order valence-electron chi connectivity index (χ0n) is 14.2. The van der Waals surface area contributed by atoms with Crippen molar-refractivity contribution >= 4 is 17.6 Å². The molecule has 1 aromatic heterocycles. The summed E-state index contributed by atoms with van der Waals surface area (Å²) in [5.41, 5.74) is 2.01. The summed E-state index contributed by atoms with van der Waals surface area (Å²) in [4.78, 5) is 23.7. The van der Waals surface area contributed by atoms with E-state index < -0.39 is 5.97 Å². The van der Waals surface area contributed by atoms with E-state index in [9.17, 15) is 9.59 Å². The van der Waals surface area contributed by atoms with Gasteiger partial charge in [-0.05, 0) is 42.5 Å². The van der Waals surface area contributed by atoms with Gasteiger partial charge in [0, 0.05) is 35.4 Å². The number of ether oxygens (including phenoxy) is 2. The van der Waals surface area contributed by atoms with Crippen LogP contribution in [0.2, 0.25) is 0 Å². The Bertz CT molecular complexity index is 904. The highest BCUT2D eigenvalue weighted by Crippen LogP contribution is 2.19. The summed E-state index contributed by atoms with van der Waals surface area (Å²) < 4.78 is 11.8. The van der Waals surface area contributed by atoms with Crippen molar-refractivity contribution in [2.75, 3.05) is 19.0 Å². The first-order chi connectivity index (χ1) is 12.7. The van der Waals surface area contributed by atoms with E-state index >= 15 is 0 Å². The third-order valence-electron chi connectivity index (χ3n) is 3.69. The number of benzene rings is 2. The van der Waals surface area contributed by atoms with Crippen molar-refractivity contribution in [1.29, 1.82) is 0 Å². The van der Waals surface area contributed by atoms with Crippen LogP contribution in [0, 0.1) is 0 Å². The first-order valence-corrected chi connectivity index (χ1v) is 8.00. The van der Waals surface area contributed by atoms with Gasteiger partial charge in [-0.25, -0.2) is 4.79 Å². The fraction of sp³-hybridized carbons (Fsp3) is 0.100. The van der Waals surface area contributed by atoms with E-state index in [1.54, 1.807) is 30.3 Å². The molecule has 0 spiro atoms. The summed E-state index contributed by atoms with van der Waals surface area (Å²) >= 11 is 0. The van der Waals surface area contributed by atoms with Gasteiger partial charge in [0.2, 0.25) is 0 Å². The predicted octanol–water partition coefficient (Wildman–Crippen LogP) is 3.28. The summed E-state index contributed by atoms with van der Waals surface area (Å²) in [5.74, 6) is -0.236. The van der Waals surface area contributed by atoms with E-state index in [1.165, 1.54) is 7.11 Å². The minimum absolute atomic E-state index is 0.188. The number of esters is 1. The lowest BCUT2D eigenvalue weighted by Crippen LogP contribution is -2.14. The first-order valence-electron chi connectivity index (χ1n) is 8.00. The molecule has 0 aliphatic carbocycles. The Morgan fingerprint density at radius 2 is 1.77 bits per heavy atom. The van der Waals surface area contributed by atoms with Gasteiger partial charge >= 0.3 is 5.97 Å². The first kappa shape index (κ1) is 17.3. The smallest absolute Gasteiger partial charge is 0.343 e. The number of hydrogen-bond acceptors (Lipinski definition) is 4. The molecule has 0 atom stereocenters. The summed E-state index contributed by atoms with van der Waals surface area (Å²) in [6.45, 7) is -0.188. The van der Waals surface area contributed by atoms with E-state index in [4.69, 9.17) is 4.74 Å². The second kappa shape index (κ2) is 8.02. The molecule has 1 amide bonds. The summed E-state index contributed by atoms with van der Waals surface area (Å²) in [6.07, 6.45) is 3.83. The highest BCUT2D eigenvalue weighted by Gasteiger charge is 2.09. The van der Waals surface area contributed by atoms with Crippen LogP contribution < -0.4 is 10.1 Å². The molecule has 0 unspecified atom stereocenters. The minimum Gasteiger partial charge on any atom is -0.482 e. The maximum Gasteiger partial charge on any atom is 0.343 e. The number of nitrogens with one attached hydrogen (secondary N) is 1. The highest BCUT2D eigenvalue weighted by atomic mass is 16.6. The fourth-order valence-corrected chi connectivity index (χ4v) is 2.38. The molecule has 3 aromatic rings. The van der Waals surface area contributed by atoms with E-state index in [0.29, 0.717) is 17.0 Å². The molecule has 132 valence electrons. The quantitative estimate of drug-likeness (QED) is 0.693. The van der Waals surface area contributed by atoms with Crippen molar-refractivity contribution in [3.63, 3.8) is 0 Å². The molecule has 0 aliphatic heterocycles. The molecule has 0 saturated carbocycles. The number of aromatic nitrogens is 1. The lowest BCUT2D eigenvalue weighted by Gasteiger charge is -2.10. The molecule has 3 rings (SSSR count). The number of carbonyl (C=O) groups excluding carboxylic acids is 2. The van der Waals surface area contributed by atoms with E-state index in [2.05, 4.69) is 10.1 Å². The van der Waals surface area contributed by atoms with Crippen molar-refractivity contribution in [2.24, 2.45) is 0 Å². The largest absolute Gasteiger partial charge is 0.482 e. The lowest BCUT2D eigenvalue weighted by molar-refractivity contribution is -0.142. The van der Waals surface area contributed by atoms with Crippen LogP contribution in [0.5, 0.6) is 5.75 Å². The summed E-state index contributed by atoms with van der Waals surface area (Å²) in [7, 11) is 1.30. The number of amides is 1. The number of anilines is 1. The van der Waals surface area contributed by atoms with E-state index in [-0.39, 0.29) is 12.5 Å². The zero-order chi connectivity index (χ0) is 18.4. The third kappa shape index (κ3) is 4.30. The van der Waals surface area contributed by atoms with E-state index in [1.807, 2.05) is 47.3 Å². The normalized spacial score (nSPS) is 10.2. The monoisotopic (exact) mass is 350 g/mol. The van der Waals surface area contributed by atoms with Gasteiger partial charge in [0.1, 0.15) is 5.75 Å². The van der Waals surface area contributed by atoms with Gasteiger partial charge in [0.05, 0.1) is 7.11 Å². The van der Waals surface area contributed by atoms with Gasteiger partial charge in [-0.15, -0.1) is 0 Å². The van der Waals surface area contributed by atoms with Crippen molar-refractivity contribution in [3.8, 4) is 11.4 Å². The Morgan fingerprint density at radius 1 is 1.00 bits per heavy atom. The Balaban J connectivity index is 1.70. The molecule has 0 fully saturated rings. The van der Waals surface area contributed by atoms with Gasteiger partial charge in [-0.1, -0.05) is 12.1 Å². The number of carbonyl (C=O) groups is 2. The predicted molar refractivity (Wildman–Crippen MR) is 97.7 cm³/mol. The van der Waals surface area contributed by atoms with Crippen LogP contribution in [0.25, 0.3) is 5.69 Å². The number of hydrogen-bond donors (Lipinski definition) is 1. The molecular weight excluding hydrogens is 332 g/mol. The van der Waals surface area contributed by atoms with Gasteiger partial charge in [0.25, 0.3) is 5.91 Å². The number of rotatable bonds is 6. The van der Waals surface area contributed by atoms with Crippen molar-refractivity contribution < 1.29 is 19.1 Å². The fourth-order valence-electron chi connectivity index (χ4n) is 2.38. The minimum atomic E-state index is -0.471. The van der Waals surface area contributed by atoms with Crippen LogP contribution in [-0.2, 0) is 9.53 Å². The average Bonchev–Trinajstić information content (AvgIpc) is 3.21. The zero-order valence-corrected chi connectivity index (χ0v) is 14.2. The molecule has 6 heteroatoms. The molecule has 0 bridgehead atoms. The van der Waals surface area contributed by atoms with E-state index in [0.717, 1.165) is 5.69 Å². The van der Waals surface area contributed by atoms with Gasteiger partial charge < -0.3 is 19.4 Å².